The molecule has 2 aromatic rings. The molecule has 10 heteroatoms. The monoisotopic (exact) mass is 410 g/mol. The van der Waals surface area contributed by atoms with Gasteiger partial charge in [-0.05, 0) is 36.4 Å². The molecular formula is C17H19ClN4O4S. The number of benzene rings is 1. The molecule has 0 spiro atoms. The summed E-state index contributed by atoms with van der Waals surface area (Å²) in [5, 5.41) is 5.73. The molecular weight excluding hydrogens is 392 g/mol. The first-order valence-corrected chi connectivity index (χ1v) is 9.79. The Kier molecular flexibility index (Phi) is 7.28. The average molecular weight is 411 g/mol. The van der Waals surface area contributed by atoms with Gasteiger partial charge in [-0.3, -0.25) is 14.6 Å². The van der Waals surface area contributed by atoms with Crippen LogP contribution in [0, 0.1) is 0 Å². The van der Waals surface area contributed by atoms with Gasteiger partial charge in [-0.25, -0.2) is 8.42 Å². The quantitative estimate of drug-likeness (QED) is 0.628. The molecule has 8 nitrogen and oxygen atoms in total. The van der Waals surface area contributed by atoms with Crippen LogP contribution in [0.15, 0.2) is 53.7 Å². The number of pyridine rings is 1. The van der Waals surface area contributed by atoms with Gasteiger partial charge in [0, 0.05) is 43.1 Å². The van der Waals surface area contributed by atoms with Gasteiger partial charge in [0.1, 0.15) is 4.90 Å². The van der Waals surface area contributed by atoms with Crippen molar-refractivity contribution in [1.29, 1.82) is 0 Å². The van der Waals surface area contributed by atoms with E-state index in [9.17, 15) is 18.0 Å². The molecule has 144 valence electrons. The van der Waals surface area contributed by atoms with Crippen LogP contribution in [0.2, 0.25) is 5.02 Å². The summed E-state index contributed by atoms with van der Waals surface area (Å²) < 4.78 is 25.6. The maximum Gasteiger partial charge on any atom is 0.251 e. The molecule has 1 aromatic heterocycles. The van der Waals surface area contributed by atoms with Gasteiger partial charge in [-0.1, -0.05) is 11.6 Å². The first-order valence-electron chi connectivity index (χ1n) is 7.97. The van der Waals surface area contributed by atoms with Crippen LogP contribution in [0.3, 0.4) is 0 Å². The summed E-state index contributed by atoms with van der Waals surface area (Å²) >= 11 is 5.76. The Morgan fingerprint density at radius 1 is 1.11 bits per heavy atom. The molecule has 27 heavy (non-hydrogen) atoms. The largest absolute Gasteiger partial charge is 0.353 e. The van der Waals surface area contributed by atoms with Crippen LogP contribution >= 0.6 is 11.6 Å². The van der Waals surface area contributed by atoms with E-state index >= 15 is 0 Å². The molecule has 0 saturated carbocycles. The molecule has 0 radical (unpaired) electrons. The highest BCUT2D eigenvalue weighted by molar-refractivity contribution is 7.89. The van der Waals surface area contributed by atoms with Crippen molar-refractivity contribution in [3.8, 4) is 0 Å². The number of carbonyl (C=O) groups is 2. The Bertz CT molecular complexity index is 889. The number of likely N-dealkylation sites (N-methyl/N-ethyl adjacent to an activating group) is 1. The molecule has 0 bridgehead atoms. The van der Waals surface area contributed by atoms with Crippen molar-refractivity contribution < 1.29 is 18.0 Å². The predicted molar refractivity (Wildman–Crippen MR) is 101 cm³/mol. The molecule has 1 heterocycles. The van der Waals surface area contributed by atoms with Gasteiger partial charge >= 0.3 is 0 Å². The van der Waals surface area contributed by atoms with Gasteiger partial charge < -0.3 is 10.6 Å². The van der Waals surface area contributed by atoms with Crippen molar-refractivity contribution in [1.82, 2.24) is 19.9 Å². The van der Waals surface area contributed by atoms with Crippen LogP contribution < -0.4 is 10.6 Å². The highest BCUT2D eigenvalue weighted by Crippen LogP contribution is 2.11. The summed E-state index contributed by atoms with van der Waals surface area (Å²) in [6.45, 7) is 0.0214. The van der Waals surface area contributed by atoms with E-state index in [1.54, 1.807) is 24.3 Å². The number of halogens is 1. The van der Waals surface area contributed by atoms with Crippen LogP contribution in [0.5, 0.6) is 0 Å². The Labute approximate surface area is 162 Å². The van der Waals surface area contributed by atoms with Crippen LogP contribution in [-0.2, 0) is 14.8 Å². The molecule has 2 rings (SSSR count). The number of carbonyl (C=O) groups excluding carboxylic acids is 2. The van der Waals surface area contributed by atoms with Crippen molar-refractivity contribution in [3.63, 3.8) is 0 Å². The molecule has 1 aromatic carbocycles. The first kappa shape index (κ1) is 20.8. The van der Waals surface area contributed by atoms with Gasteiger partial charge in [0.05, 0.1) is 6.54 Å². The summed E-state index contributed by atoms with van der Waals surface area (Å²) in [5.74, 6) is -0.775. The van der Waals surface area contributed by atoms with E-state index in [4.69, 9.17) is 11.6 Å². The fraction of sp³-hybridized carbons (Fsp3) is 0.235. The normalized spacial score (nSPS) is 11.2. The molecule has 0 saturated heterocycles. The molecule has 0 fully saturated rings. The summed E-state index contributed by atoms with van der Waals surface area (Å²) in [5.41, 5.74) is 0.452. The average Bonchev–Trinajstić information content (AvgIpc) is 2.66. The van der Waals surface area contributed by atoms with E-state index in [-0.39, 0.29) is 30.4 Å². The number of rotatable bonds is 8. The second kappa shape index (κ2) is 9.45. The minimum atomic E-state index is -3.79. The zero-order chi connectivity index (χ0) is 19.9. The van der Waals surface area contributed by atoms with E-state index < -0.39 is 15.9 Å². The second-order valence-electron chi connectivity index (χ2n) is 5.56. The number of hydrogen-bond acceptors (Lipinski definition) is 5. The van der Waals surface area contributed by atoms with Gasteiger partial charge in [-0.2, -0.15) is 4.31 Å². The van der Waals surface area contributed by atoms with E-state index in [2.05, 4.69) is 15.6 Å². The standard InChI is InChI=1S/C17H19ClN4O4S/c1-22(27(25,26)15-3-2-8-19-11-15)12-16(23)20-9-10-21-17(24)13-4-6-14(18)7-5-13/h2-8,11H,9-10,12H2,1H3,(H,20,23)(H,21,24). The number of amides is 2. The molecule has 0 aliphatic carbocycles. The highest BCUT2D eigenvalue weighted by Gasteiger charge is 2.22. The topological polar surface area (TPSA) is 108 Å². The Balaban J connectivity index is 1.76. The molecule has 0 unspecified atom stereocenters. The third-order valence-electron chi connectivity index (χ3n) is 3.55. The van der Waals surface area contributed by atoms with Gasteiger partial charge in [0.15, 0.2) is 0 Å². The second-order valence-corrected chi connectivity index (χ2v) is 8.04. The number of sulfonamides is 1. The zero-order valence-corrected chi connectivity index (χ0v) is 16.1. The smallest absolute Gasteiger partial charge is 0.251 e. The number of nitrogens with zero attached hydrogens (tertiary/aromatic N) is 2. The molecule has 0 aliphatic heterocycles. The Morgan fingerprint density at radius 2 is 1.78 bits per heavy atom. The van der Waals surface area contributed by atoms with Crippen LogP contribution in [0.4, 0.5) is 0 Å². The maximum atomic E-state index is 12.3. The molecule has 0 atom stereocenters. The lowest BCUT2D eigenvalue weighted by Crippen LogP contribution is -2.41. The van der Waals surface area contributed by atoms with Crippen molar-refractivity contribution in [3.05, 3.63) is 59.4 Å². The number of nitrogens with one attached hydrogen (secondary N) is 2. The lowest BCUT2D eigenvalue weighted by Gasteiger charge is -2.16. The van der Waals surface area contributed by atoms with Crippen LogP contribution in [0.25, 0.3) is 0 Å². The molecule has 2 amide bonds. The fourth-order valence-corrected chi connectivity index (χ4v) is 3.32. The predicted octanol–water partition coefficient (Wildman–Crippen LogP) is 0.902. The third-order valence-corrected chi connectivity index (χ3v) is 5.59. The van der Waals surface area contributed by atoms with Crippen molar-refractivity contribution >= 4 is 33.4 Å². The fourth-order valence-electron chi connectivity index (χ4n) is 2.10. The van der Waals surface area contributed by atoms with Crippen molar-refractivity contribution in [2.75, 3.05) is 26.7 Å². The highest BCUT2D eigenvalue weighted by atomic mass is 35.5. The van der Waals surface area contributed by atoms with E-state index in [0.29, 0.717) is 10.6 Å². The Hall–Kier alpha value is -2.49. The van der Waals surface area contributed by atoms with Crippen molar-refractivity contribution in [2.45, 2.75) is 4.90 Å². The minimum Gasteiger partial charge on any atom is -0.353 e. The Morgan fingerprint density at radius 3 is 2.41 bits per heavy atom. The number of hydrogen-bond donors (Lipinski definition) is 2. The van der Waals surface area contributed by atoms with Gasteiger partial charge in [0.25, 0.3) is 5.91 Å². The summed E-state index contributed by atoms with van der Waals surface area (Å²) in [6, 6.07) is 9.31. The summed E-state index contributed by atoms with van der Waals surface area (Å²) in [7, 11) is -2.48. The van der Waals surface area contributed by atoms with E-state index in [1.165, 1.54) is 31.6 Å². The minimum absolute atomic E-state index is 0.00975. The zero-order valence-electron chi connectivity index (χ0n) is 14.6. The van der Waals surface area contributed by atoms with Crippen LogP contribution in [-0.4, -0.2) is 56.2 Å². The molecule has 2 N–H and O–H groups in total. The van der Waals surface area contributed by atoms with E-state index in [1.807, 2.05) is 0 Å². The third kappa shape index (κ3) is 6.02. The van der Waals surface area contributed by atoms with Gasteiger partial charge in [-0.15, -0.1) is 0 Å². The maximum absolute atomic E-state index is 12.3. The lowest BCUT2D eigenvalue weighted by atomic mass is 10.2. The van der Waals surface area contributed by atoms with Crippen LogP contribution in [0.1, 0.15) is 10.4 Å². The first-order chi connectivity index (χ1) is 12.8. The van der Waals surface area contributed by atoms with Crippen molar-refractivity contribution in [2.24, 2.45) is 0 Å². The summed E-state index contributed by atoms with van der Waals surface area (Å²) in [4.78, 5) is 27.6. The number of aromatic nitrogens is 1. The molecule has 0 aliphatic rings. The SMILES string of the molecule is CN(CC(=O)NCCNC(=O)c1ccc(Cl)cc1)S(=O)(=O)c1cccnc1. The van der Waals surface area contributed by atoms with Gasteiger partial charge in [0.2, 0.25) is 15.9 Å². The lowest BCUT2D eigenvalue weighted by molar-refractivity contribution is -0.121. The van der Waals surface area contributed by atoms with E-state index in [0.717, 1.165) is 4.31 Å². The summed E-state index contributed by atoms with van der Waals surface area (Å²) in [6.07, 6.45) is 2.68.